The summed E-state index contributed by atoms with van der Waals surface area (Å²) in [6.07, 6.45) is 4.94. The van der Waals surface area contributed by atoms with E-state index in [-0.39, 0.29) is 24.7 Å². The van der Waals surface area contributed by atoms with Crippen molar-refractivity contribution in [1.29, 1.82) is 0 Å². The van der Waals surface area contributed by atoms with E-state index >= 15 is 0 Å². The Balaban J connectivity index is 1.67. The highest BCUT2D eigenvalue weighted by Gasteiger charge is 2.31. The minimum absolute atomic E-state index is 0.0908. The Bertz CT molecular complexity index is 1040. The van der Waals surface area contributed by atoms with Crippen LogP contribution in [0.5, 0.6) is 0 Å². The van der Waals surface area contributed by atoms with Gasteiger partial charge in [0.25, 0.3) is 5.91 Å². The zero-order valence-electron chi connectivity index (χ0n) is 21.0. The number of alkyl carbamates (subject to hydrolysis) is 1. The lowest BCUT2D eigenvalue weighted by Crippen LogP contribution is -2.44. The molecule has 2 amide bonds. The standard InChI is InChI=1S/C27H35N3O5S/c1-18(2)14-22(30-27(34)35-17-19-8-4-3-5-9-19)23(31)15-20-11-12-21-16-29-36-24(21)10-6-7-13-28-26(33)25(20)32/h3-5,8-9,16,18,20,22H,6-7,10-15,17H2,1-2H3,(H,28,33)(H,30,34). The molecule has 1 aromatic heterocycles. The van der Waals surface area contributed by atoms with Gasteiger partial charge in [-0.3, -0.25) is 14.4 Å². The van der Waals surface area contributed by atoms with Gasteiger partial charge in [0.1, 0.15) is 6.61 Å². The van der Waals surface area contributed by atoms with Crippen LogP contribution >= 0.6 is 11.5 Å². The van der Waals surface area contributed by atoms with Crippen LogP contribution in [0.4, 0.5) is 4.79 Å². The fourth-order valence-corrected chi connectivity index (χ4v) is 5.08. The van der Waals surface area contributed by atoms with Gasteiger partial charge in [-0.05, 0) is 67.1 Å². The predicted octanol–water partition coefficient (Wildman–Crippen LogP) is 4.01. The number of hydrogen-bond acceptors (Lipinski definition) is 7. The third-order valence-electron chi connectivity index (χ3n) is 6.25. The van der Waals surface area contributed by atoms with Gasteiger partial charge in [0, 0.05) is 30.0 Å². The van der Waals surface area contributed by atoms with Crippen molar-refractivity contribution < 1.29 is 23.9 Å². The summed E-state index contributed by atoms with van der Waals surface area (Å²) in [4.78, 5) is 52.4. The Morgan fingerprint density at radius 3 is 2.69 bits per heavy atom. The van der Waals surface area contributed by atoms with Crippen LogP contribution in [0.15, 0.2) is 36.5 Å². The summed E-state index contributed by atoms with van der Waals surface area (Å²) in [6.45, 7) is 4.42. The summed E-state index contributed by atoms with van der Waals surface area (Å²) in [7, 11) is 0. The number of aromatic nitrogens is 1. The molecule has 194 valence electrons. The van der Waals surface area contributed by atoms with E-state index in [2.05, 4.69) is 15.0 Å². The second-order valence-corrected chi connectivity index (χ2v) is 10.5. The van der Waals surface area contributed by atoms with Crippen LogP contribution in [0.1, 0.15) is 62.0 Å². The lowest BCUT2D eigenvalue weighted by molar-refractivity contribution is -0.141. The molecule has 0 radical (unpaired) electrons. The molecule has 0 fully saturated rings. The molecule has 8 nitrogen and oxygen atoms in total. The summed E-state index contributed by atoms with van der Waals surface area (Å²) in [6, 6.07) is 8.47. The third kappa shape index (κ3) is 8.55. The van der Waals surface area contributed by atoms with Crippen molar-refractivity contribution >= 4 is 35.1 Å². The quantitative estimate of drug-likeness (QED) is 0.516. The number of nitrogens with one attached hydrogen (secondary N) is 2. The van der Waals surface area contributed by atoms with Crippen LogP contribution < -0.4 is 10.6 Å². The molecule has 1 aromatic carbocycles. The Morgan fingerprint density at radius 2 is 1.94 bits per heavy atom. The van der Waals surface area contributed by atoms with Gasteiger partial charge in [-0.2, -0.15) is 0 Å². The molecule has 0 saturated carbocycles. The van der Waals surface area contributed by atoms with Gasteiger partial charge in [0.2, 0.25) is 5.78 Å². The van der Waals surface area contributed by atoms with Gasteiger partial charge in [0.05, 0.1) is 6.04 Å². The van der Waals surface area contributed by atoms with E-state index in [1.807, 2.05) is 50.4 Å². The van der Waals surface area contributed by atoms with Gasteiger partial charge >= 0.3 is 6.09 Å². The fourth-order valence-electron chi connectivity index (χ4n) is 4.27. The molecule has 2 heterocycles. The number of aryl methyl sites for hydroxylation is 2. The summed E-state index contributed by atoms with van der Waals surface area (Å²) in [5.41, 5.74) is 1.92. The Kier molecular flexibility index (Phi) is 10.6. The van der Waals surface area contributed by atoms with Gasteiger partial charge in [-0.15, -0.1) is 0 Å². The molecule has 2 atom stereocenters. The van der Waals surface area contributed by atoms with Crippen LogP contribution in [0, 0.1) is 11.8 Å². The fraction of sp³-hybridized carbons (Fsp3) is 0.519. The number of benzene rings is 1. The highest BCUT2D eigenvalue weighted by Crippen LogP contribution is 2.23. The summed E-state index contributed by atoms with van der Waals surface area (Å²) in [5, 5.41) is 5.38. The first-order valence-electron chi connectivity index (χ1n) is 12.6. The van der Waals surface area contributed by atoms with E-state index < -0.39 is 29.7 Å². The van der Waals surface area contributed by atoms with Gasteiger partial charge in [-0.25, -0.2) is 9.17 Å². The van der Waals surface area contributed by atoms with E-state index in [0.29, 0.717) is 25.8 Å². The molecular weight excluding hydrogens is 478 g/mol. The molecule has 3 rings (SSSR count). The van der Waals surface area contributed by atoms with Crippen molar-refractivity contribution in [3.63, 3.8) is 0 Å². The molecule has 9 heteroatoms. The highest BCUT2D eigenvalue weighted by atomic mass is 32.1. The number of carbonyl (C=O) groups is 4. The average molecular weight is 514 g/mol. The van der Waals surface area contributed by atoms with Crippen molar-refractivity contribution in [1.82, 2.24) is 15.0 Å². The number of ether oxygens (including phenoxy) is 1. The van der Waals surface area contributed by atoms with Crippen molar-refractivity contribution in [2.24, 2.45) is 11.8 Å². The van der Waals surface area contributed by atoms with Gasteiger partial charge in [0.15, 0.2) is 5.78 Å². The minimum Gasteiger partial charge on any atom is -0.445 e. The maximum absolute atomic E-state index is 13.3. The highest BCUT2D eigenvalue weighted by molar-refractivity contribution is 7.05. The number of ketones is 2. The van der Waals surface area contributed by atoms with Crippen LogP contribution in [0.2, 0.25) is 0 Å². The molecule has 0 spiro atoms. The van der Waals surface area contributed by atoms with E-state index in [0.717, 1.165) is 30.4 Å². The molecule has 2 N–H and O–H groups in total. The summed E-state index contributed by atoms with van der Waals surface area (Å²) < 4.78 is 9.60. The van der Waals surface area contributed by atoms with Crippen molar-refractivity contribution in [2.75, 3.05) is 6.54 Å². The number of Topliss-reactive ketones (excluding diaryl/α,β-unsaturated/α-hetero) is 2. The van der Waals surface area contributed by atoms with Crippen molar-refractivity contribution in [2.45, 2.75) is 71.4 Å². The SMILES string of the molecule is CC(C)CC(NC(=O)OCc1ccccc1)C(=O)CC1CCc2cnsc2CCCCNC(=O)C1=O. The van der Waals surface area contributed by atoms with Gasteiger partial charge in [-0.1, -0.05) is 44.2 Å². The smallest absolute Gasteiger partial charge is 0.408 e. The maximum atomic E-state index is 13.3. The molecular formula is C27H35N3O5S. The second-order valence-electron chi connectivity index (χ2n) is 9.65. The molecule has 1 aliphatic heterocycles. The number of amides is 2. The Morgan fingerprint density at radius 1 is 1.17 bits per heavy atom. The number of fused-ring (bicyclic) bond motifs is 1. The minimum atomic E-state index is -0.802. The number of hydrogen-bond donors (Lipinski definition) is 2. The van der Waals surface area contributed by atoms with Crippen LogP contribution in [-0.2, 0) is 38.6 Å². The zero-order chi connectivity index (χ0) is 25.9. The summed E-state index contributed by atoms with van der Waals surface area (Å²) in [5.74, 6) is -2.14. The molecule has 2 aromatic rings. The largest absolute Gasteiger partial charge is 0.445 e. The molecule has 36 heavy (non-hydrogen) atoms. The maximum Gasteiger partial charge on any atom is 0.408 e. The zero-order valence-corrected chi connectivity index (χ0v) is 21.8. The normalized spacial score (nSPS) is 17.8. The topological polar surface area (TPSA) is 114 Å². The first-order valence-corrected chi connectivity index (χ1v) is 13.3. The van der Waals surface area contributed by atoms with Crippen LogP contribution in [0.3, 0.4) is 0 Å². The molecule has 2 unspecified atom stereocenters. The molecule has 0 saturated heterocycles. The first kappa shape index (κ1) is 27.5. The number of carbonyl (C=O) groups excluding carboxylic acids is 4. The van der Waals surface area contributed by atoms with Crippen LogP contribution in [0.25, 0.3) is 0 Å². The van der Waals surface area contributed by atoms with Gasteiger partial charge < -0.3 is 15.4 Å². The Labute approximate surface area is 216 Å². The van der Waals surface area contributed by atoms with Crippen molar-refractivity contribution in [3.8, 4) is 0 Å². The lowest BCUT2D eigenvalue weighted by Gasteiger charge is -2.22. The number of rotatable bonds is 8. The summed E-state index contributed by atoms with van der Waals surface area (Å²) >= 11 is 1.46. The van der Waals surface area contributed by atoms with E-state index in [4.69, 9.17) is 4.74 Å². The van der Waals surface area contributed by atoms with Crippen molar-refractivity contribution in [3.05, 3.63) is 52.5 Å². The average Bonchev–Trinajstić information content (AvgIpc) is 3.30. The predicted molar refractivity (Wildman–Crippen MR) is 138 cm³/mol. The lowest BCUT2D eigenvalue weighted by atomic mass is 9.87. The first-order chi connectivity index (χ1) is 17.3. The molecule has 1 aliphatic rings. The van der Waals surface area contributed by atoms with Crippen LogP contribution in [-0.4, -0.2) is 40.5 Å². The monoisotopic (exact) mass is 513 g/mol. The molecule has 0 bridgehead atoms. The third-order valence-corrected chi connectivity index (χ3v) is 7.15. The van der Waals surface area contributed by atoms with E-state index in [1.165, 1.54) is 16.4 Å². The van der Waals surface area contributed by atoms with E-state index in [1.54, 1.807) is 0 Å². The number of nitrogens with zero attached hydrogens (tertiary/aromatic N) is 1. The molecule has 0 aliphatic carbocycles. The Hall–Kier alpha value is -3.07. The second kappa shape index (κ2) is 13.9. The van der Waals surface area contributed by atoms with E-state index in [9.17, 15) is 19.2 Å².